The zero-order valence-corrected chi connectivity index (χ0v) is 14.4. The van der Waals surface area contributed by atoms with Crippen LogP contribution in [0.1, 0.15) is 55.2 Å². The molecule has 3 heteroatoms. The number of halogens is 1. The summed E-state index contributed by atoms with van der Waals surface area (Å²) in [5, 5.41) is 0.738. The molecule has 0 heterocycles. The number of hydrogen-bond donors (Lipinski definition) is 0. The van der Waals surface area contributed by atoms with E-state index in [2.05, 4.69) is 0 Å². The quantitative estimate of drug-likeness (QED) is 0.720. The van der Waals surface area contributed by atoms with Gasteiger partial charge in [-0.3, -0.25) is 0 Å². The second-order valence-electron chi connectivity index (χ2n) is 7.64. The summed E-state index contributed by atoms with van der Waals surface area (Å²) in [6, 6.07) is 3.88. The molecule has 3 saturated carbocycles. The first-order valence-corrected chi connectivity index (χ1v) is 9.11. The van der Waals surface area contributed by atoms with Crippen LogP contribution in [0.25, 0.3) is 5.57 Å². The first-order chi connectivity index (χ1) is 11.1. The van der Waals surface area contributed by atoms with Crippen LogP contribution in [0.15, 0.2) is 18.2 Å². The van der Waals surface area contributed by atoms with Crippen LogP contribution in [0.2, 0.25) is 5.02 Å². The van der Waals surface area contributed by atoms with Crippen LogP contribution in [0.4, 0.5) is 0 Å². The van der Waals surface area contributed by atoms with Crippen molar-refractivity contribution in [3.8, 4) is 0 Å². The molecule has 0 N–H and O–H groups in total. The third-order valence-corrected chi connectivity index (χ3v) is 6.37. The maximum absolute atomic E-state index is 12.6. The molecule has 0 atom stereocenters. The highest BCUT2D eigenvalue weighted by Gasteiger charge is 2.41. The van der Waals surface area contributed by atoms with Crippen LogP contribution in [-0.4, -0.2) is 12.6 Å². The molecule has 0 spiro atoms. The number of fused-ring (bicyclic) bond motifs is 4. The van der Waals surface area contributed by atoms with Gasteiger partial charge < -0.3 is 4.74 Å². The van der Waals surface area contributed by atoms with Crippen LogP contribution < -0.4 is 0 Å². The van der Waals surface area contributed by atoms with Gasteiger partial charge in [0.2, 0.25) is 0 Å². The molecular formula is C20H23ClO2. The van der Waals surface area contributed by atoms with E-state index in [1.54, 1.807) is 0 Å². The topological polar surface area (TPSA) is 26.3 Å². The molecule has 0 unspecified atom stereocenters. The Hall–Kier alpha value is -1.28. The van der Waals surface area contributed by atoms with Gasteiger partial charge in [-0.15, -0.1) is 0 Å². The molecule has 1 aromatic rings. The minimum Gasteiger partial charge on any atom is -0.461 e. The minimum atomic E-state index is -0.156. The monoisotopic (exact) mass is 330 g/mol. The summed E-state index contributed by atoms with van der Waals surface area (Å²) in [7, 11) is 0. The van der Waals surface area contributed by atoms with E-state index in [-0.39, 0.29) is 11.4 Å². The lowest BCUT2D eigenvalue weighted by molar-refractivity contribution is -0.142. The summed E-state index contributed by atoms with van der Waals surface area (Å²) in [6.45, 7) is 2.61. The van der Waals surface area contributed by atoms with Crippen LogP contribution in [0.5, 0.6) is 0 Å². The summed E-state index contributed by atoms with van der Waals surface area (Å²) >= 11 is 6.12. The molecule has 23 heavy (non-hydrogen) atoms. The fourth-order valence-corrected chi connectivity index (χ4v) is 5.01. The van der Waals surface area contributed by atoms with Crippen LogP contribution >= 0.6 is 11.6 Å². The Kier molecular flexibility index (Phi) is 3.76. The maximum Gasteiger partial charge on any atom is 0.338 e. The molecular weight excluding hydrogens is 308 g/mol. The molecule has 2 nitrogen and oxygen atoms in total. The fourth-order valence-electron chi connectivity index (χ4n) is 4.71. The molecule has 122 valence electrons. The summed E-state index contributed by atoms with van der Waals surface area (Å²) in [5.74, 6) is 0.778. The Morgan fingerprint density at radius 3 is 2.65 bits per heavy atom. The number of allylic oxidation sites excluding steroid dienone is 1. The van der Waals surface area contributed by atoms with Gasteiger partial charge in [0.05, 0.1) is 12.2 Å². The van der Waals surface area contributed by atoms with Gasteiger partial charge in [-0.1, -0.05) is 17.7 Å². The van der Waals surface area contributed by atoms with Gasteiger partial charge in [-0.25, -0.2) is 4.79 Å². The van der Waals surface area contributed by atoms with Gasteiger partial charge in [0.15, 0.2) is 0 Å². The van der Waals surface area contributed by atoms with Gasteiger partial charge in [0.25, 0.3) is 0 Å². The number of carbonyl (C=O) groups excluding carboxylic acids is 1. The van der Waals surface area contributed by atoms with Crippen molar-refractivity contribution in [3.05, 3.63) is 39.9 Å². The van der Waals surface area contributed by atoms with Gasteiger partial charge in [0, 0.05) is 10.4 Å². The summed E-state index contributed by atoms with van der Waals surface area (Å²) in [5.41, 5.74) is 4.23. The van der Waals surface area contributed by atoms with E-state index < -0.39 is 0 Å². The average Bonchev–Trinajstić information content (AvgIpc) is 2.98. The van der Waals surface area contributed by atoms with Crippen molar-refractivity contribution in [1.82, 2.24) is 0 Å². The van der Waals surface area contributed by atoms with Crippen LogP contribution in [0, 0.1) is 18.3 Å². The van der Waals surface area contributed by atoms with E-state index in [1.807, 2.05) is 25.1 Å². The number of rotatable bonds is 3. The first kappa shape index (κ1) is 15.3. The van der Waals surface area contributed by atoms with Gasteiger partial charge in [-0.2, -0.15) is 0 Å². The Labute approximate surface area is 142 Å². The van der Waals surface area contributed by atoms with Crippen molar-refractivity contribution >= 4 is 23.1 Å². The summed E-state index contributed by atoms with van der Waals surface area (Å²) in [6.07, 6.45) is 10.4. The Bertz CT molecular complexity index is 667. The largest absolute Gasteiger partial charge is 0.461 e. The van der Waals surface area contributed by atoms with Crippen molar-refractivity contribution in [2.75, 3.05) is 6.61 Å². The molecule has 2 bridgehead atoms. The number of aryl methyl sites for hydroxylation is 1. The lowest BCUT2D eigenvalue weighted by atomic mass is 9.61. The number of ether oxygens (including phenoxy) is 1. The third-order valence-electron chi connectivity index (χ3n) is 6.16. The molecule has 4 aliphatic rings. The lowest BCUT2D eigenvalue weighted by Crippen LogP contribution is -2.38. The zero-order valence-electron chi connectivity index (χ0n) is 13.7. The Morgan fingerprint density at radius 1 is 1.26 bits per heavy atom. The van der Waals surface area contributed by atoms with Crippen LogP contribution in [0.3, 0.4) is 0 Å². The van der Waals surface area contributed by atoms with Gasteiger partial charge in [-0.05, 0) is 86.6 Å². The van der Waals surface area contributed by atoms with Crippen LogP contribution in [-0.2, 0) is 16.0 Å². The molecule has 0 aromatic heterocycles. The Balaban J connectivity index is 1.47. The van der Waals surface area contributed by atoms with Gasteiger partial charge >= 0.3 is 5.97 Å². The Morgan fingerprint density at radius 2 is 1.96 bits per heavy atom. The second-order valence-corrected chi connectivity index (χ2v) is 8.07. The molecule has 1 aromatic carbocycles. The molecule has 0 radical (unpaired) electrons. The highest BCUT2D eigenvalue weighted by Crippen LogP contribution is 2.50. The molecule has 0 aliphatic heterocycles. The molecule has 4 aliphatic carbocycles. The molecule has 0 saturated heterocycles. The fraction of sp³-hybridized carbons (Fsp3) is 0.550. The number of hydrogen-bond acceptors (Lipinski definition) is 2. The smallest absolute Gasteiger partial charge is 0.338 e. The zero-order chi connectivity index (χ0) is 16.0. The van der Waals surface area contributed by atoms with E-state index in [0.29, 0.717) is 6.61 Å². The predicted octanol–water partition coefficient (Wildman–Crippen LogP) is 5.10. The van der Waals surface area contributed by atoms with E-state index >= 15 is 0 Å². The summed E-state index contributed by atoms with van der Waals surface area (Å²) in [4.78, 5) is 12.6. The first-order valence-electron chi connectivity index (χ1n) is 8.73. The van der Waals surface area contributed by atoms with E-state index in [9.17, 15) is 4.79 Å². The number of benzene rings is 1. The standard InChI is InChI=1S/C20H23ClO2/c1-13-10-16(21)11-15-2-3-17(18(13)15)19(22)23-12-20-7-4-14(5-8-20)6-9-20/h3,10-11,14H,2,4-9,12H2,1H3. The lowest BCUT2D eigenvalue weighted by Gasteiger charge is -2.46. The molecule has 5 rings (SSSR count). The highest BCUT2D eigenvalue weighted by molar-refractivity contribution is 6.31. The highest BCUT2D eigenvalue weighted by atomic mass is 35.5. The molecule has 0 amide bonds. The number of esters is 1. The minimum absolute atomic E-state index is 0.156. The van der Waals surface area contributed by atoms with E-state index in [1.165, 1.54) is 38.5 Å². The van der Waals surface area contributed by atoms with Crippen molar-refractivity contribution in [2.24, 2.45) is 11.3 Å². The SMILES string of the molecule is Cc1cc(Cl)cc2c1C(C(=O)OCC13CCC(CC1)CC3)=CC2. The maximum atomic E-state index is 12.6. The number of carbonyl (C=O) groups is 1. The second kappa shape index (κ2) is 5.66. The average molecular weight is 331 g/mol. The third kappa shape index (κ3) is 2.71. The van der Waals surface area contributed by atoms with Crippen molar-refractivity contribution in [2.45, 2.75) is 51.9 Å². The predicted molar refractivity (Wildman–Crippen MR) is 92.5 cm³/mol. The van der Waals surface area contributed by atoms with Crippen molar-refractivity contribution < 1.29 is 9.53 Å². The molecule has 3 fully saturated rings. The van der Waals surface area contributed by atoms with Gasteiger partial charge in [0.1, 0.15) is 0 Å². The summed E-state index contributed by atoms with van der Waals surface area (Å²) < 4.78 is 5.79. The van der Waals surface area contributed by atoms with Crippen molar-refractivity contribution in [1.29, 1.82) is 0 Å². The van der Waals surface area contributed by atoms with E-state index in [4.69, 9.17) is 16.3 Å². The van der Waals surface area contributed by atoms with E-state index in [0.717, 1.165) is 39.6 Å². The normalized spacial score (nSPS) is 28.4. The van der Waals surface area contributed by atoms with Crippen molar-refractivity contribution in [3.63, 3.8) is 0 Å².